The molecule has 0 spiro atoms. The predicted molar refractivity (Wildman–Crippen MR) is 207 cm³/mol. The maximum absolute atomic E-state index is 13.0. The van der Waals surface area contributed by atoms with Crippen LogP contribution in [0.5, 0.6) is 0 Å². The largest absolute Gasteiger partial charge is 0.351 e. The molecule has 2 fully saturated rings. The highest BCUT2D eigenvalue weighted by atomic mass is 16.2. The topological polar surface area (TPSA) is 123 Å². The fraction of sp³-hybridized carbons (Fsp3) is 0.900. The van der Waals surface area contributed by atoms with Crippen molar-refractivity contribution in [2.45, 2.75) is 165 Å². The number of hydrogen-bond acceptors (Lipinski definition) is 8. The number of rotatable bonds is 15. The fourth-order valence-corrected chi connectivity index (χ4v) is 6.12. The molecule has 0 bridgehead atoms. The Morgan fingerprint density at radius 1 is 0.660 bits per heavy atom. The van der Waals surface area contributed by atoms with Crippen LogP contribution in [0.3, 0.4) is 0 Å². The lowest BCUT2D eigenvalue weighted by molar-refractivity contribution is -0.130. The Kier molecular flexibility index (Phi) is 19.4. The molecule has 50 heavy (non-hydrogen) atoms. The number of carbonyl (C=O) groups excluding carboxylic acids is 4. The molecule has 2 amide bonds. The number of piperidine rings is 2. The van der Waals surface area contributed by atoms with Gasteiger partial charge in [0.05, 0.1) is 19.6 Å². The third-order valence-corrected chi connectivity index (χ3v) is 9.47. The lowest BCUT2D eigenvalue weighted by atomic mass is 9.89. The molecule has 1 unspecified atom stereocenters. The van der Waals surface area contributed by atoms with E-state index < -0.39 is 6.04 Å². The number of Topliss-reactive ketones (excluding diaryl/α,β-unsaturated/α-hetero) is 2. The van der Waals surface area contributed by atoms with Crippen molar-refractivity contribution < 1.29 is 19.2 Å². The third-order valence-electron chi connectivity index (χ3n) is 9.47. The summed E-state index contributed by atoms with van der Waals surface area (Å²) in [6.07, 6.45) is 8.87. The van der Waals surface area contributed by atoms with Crippen LogP contribution in [0.1, 0.15) is 141 Å². The maximum Gasteiger partial charge on any atom is 0.242 e. The first kappa shape index (κ1) is 46.1. The van der Waals surface area contributed by atoms with Gasteiger partial charge in [-0.25, -0.2) is 0 Å². The molecular weight excluding hydrogens is 628 g/mol. The highest BCUT2D eigenvalue weighted by Crippen LogP contribution is 2.23. The summed E-state index contributed by atoms with van der Waals surface area (Å²) < 4.78 is 0. The molecule has 0 radical (unpaired) electrons. The van der Waals surface area contributed by atoms with Gasteiger partial charge in [-0.1, -0.05) is 81.6 Å². The molecule has 0 saturated carbocycles. The quantitative estimate of drug-likeness (QED) is 0.169. The highest BCUT2D eigenvalue weighted by molar-refractivity contribution is 5.88. The van der Waals surface area contributed by atoms with Crippen LogP contribution >= 0.6 is 0 Å². The van der Waals surface area contributed by atoms with Gasteiger partial charge in [-0.3, -0.25) is 29.0 Å². The van der Waals surface area contributed by atoms with Crippen LogP contribution in [0, 0.1) is 16.2 Å². The minimum absolute atomic E-state index is 0.0884. The van der Waals surface area contributed by atoms with E-state index in [1.54, 1.807) is 7.05 Å². The lowest BCUT2D eigenvalue weighted by Crippen LogP contribution is -2.53. The summed E-state index contributed by atoms with van der Waals surface area (Å²) in [7, 11) is 1.72. The minimum atomic E-state index is -0.494. The molecule has 2 saturated heterocycles. The van der Waals surface area contributed by atoms with Gasteiger partial charge in [-0.15, -0.1) is 0 Å². The van der Waals surface area contributed by atoms with Crippen LogP contribution in [0.2, 0.25) is 0 Å². The van der Waals surface area contributed by atoms with E-state index in [0.29, 0.717) is 36.8 Å². The number of hydrogen-bond donors (Lipinski definition) is 4. The van der Waals surface area contributed by atoms with Crippen molar-refractivity contribution in [2.75, 3.05) is 52.9 Å². The van der Waals surface area contributed by atoms with Gasteiger partial charge in [-0.05, 0) is 71.8 Å². The zero-order valence-electron chi connectivity index (χ0n) is 34.6. The predicted octanol–water partition coefficient (Wildman–Crippen LogP) is 5.34. The van der Waals surface area contributed by atoms with Crippen molar-refractivity contribution in [3.63, 3.8) is 0 Å². The molecule has 2 aliphatic heterocycles. The summed E-state index contributed by atoms with van der Waals surface area (Å²) in [6, 6.07) is 0.199. The van der Waals surface area contributed by atoms with Crippen LogP contribution in [-0.2, 0) is 19.2 Å². The van der Waals surface area contributed by atoms with Gasteiger partial charge in [-0.2, -0.15) is 0 Å². The summed E-state index contributed by atoms with van der Waals surface area (Å²) in [6.45, 7) is 30.2. The van der Waals surface area contributed by atoms with E-state index in [0.717, 1.165) is 77.5 Å². The monoisotopic (exact) mass is 707 g/mol. The average Bonchev–Trinajstić information content (AvgIpc) is 2.96. The number of nitrogens with zero attached hydrogens (tertiary/aromatic N) is 2. The number of ketones is 2. The summed E-state index contributed by atoms with van der Waals surface area (Å²) in [5.74, 6) is 0.357. The Morgan fingerprint density at radius 2 is 1.12 bits per heavy atom. The Labute approximate surface area is 306 Å². The van der Waals surface area contributed by atoms with Crippen molar-refractivity contribution in [3.05, 3.63) is 0 Å². The van der Waals surface area contributed by atoms with Crippen molar-refractivity contribution in [2.24, 2.45) is 16.2 Å². The molecule has 2 aliphatic rings. The van der Waals surface area contributed by atoms with Gasteiger partial charge in [0.2, 0.25) is 11.8 Å². The van der Waals surface area contributed by atoms with Crippen LogP contribution in [0.4, 0.5) is 0 Å². The molecule has 2 rings (SSSR count). The Bertz CT molecular complexity index is 1030. The van der Waals surface area contributed by atoms with E-state index >= 15 is 0 Å². The smallest absolute Gasteiger partial charge is 0.242 e. The SMILES string of the molecule is CC(C)(C)NC1CCN(CC(=O)C(C)(C)C)CC1.CNCC(=O)NC(CCCCCC(C)(C)C)C(=O)NC1CCN(CC(=O)C(C)(C)C)CC1. The summed E-state index contributed by atoms with van der Waals surface area (Å²) in [4.78, 5) is 53.8. The zero-order valence-corrected chi connectivity index (χ0v) is 34.6. The first-order valence-electron chi connectivity index (χ1n) is 19.4. The van der Waals surface area contributed by atoms with Crippen LogP contribution in [-0.4, -0.2) is 110 Å². The van der Waals surface area contributed by atoms with Crippen LogP contribution < -0.4 is 21.3 Å². The van der Waals surface area contributed by atoms with E-state index in [4.69, 9.17) is 0 Å². The fourth-order valence-electron chi connectivity index (χ4n) is 6.12. The van der Waals surface area contributed by atoms with E-state index in [1.807, 2.05) is 41.5 Å². The van der Waals surface area contributed by atoms with Gasteiger partial charge < -0.3 is 21.3 Å². The minimum Gasteiger partial charge on any atom is -0.351 e. The van der Waals surface area contributed by atoms with Gasteiger partial charge in [0.25, 0.3) is 0 Å². The molecule has 0 aromatic heterocycles. The number of nitrogens with one attached hydrogen (secondary N) is 4. The van der Waals surface area contributed by atoms with E-state index in [2.05, 4.69) is 72.6 Å². The zero-order chi connectivity index (χ0) is 38.3. The molecule has 4 N–H and O–H groups in total. The maximum atomic E-state index is 13.0. The number of likely N-dealkylation sites (tertiary alicyclic amines) is 2. The van der Waals surface area contributed by atoms with E-state index in [9.17, 15) is 19.2 Å². The second-order valence-electron chi connectivity index (χ2n) is 19.2. The molecule has 0 aromatic carbocycles. The van der Waals surface area contributed by atoms with Crippen molar-refractivity contribution >= 4 is 23.4 Å². The molecule has 10 nitrogen and oxygen atoms in total. The molecular formula is C40H78N6O4. The van der Waals surface area contributed by atoms with Crippen molar-refractivity contribution in [3.8, 4) is 0 Å². The van der Waals surface area contributed by atoms with Crippen LogP contribution in [0.15, 0.2) is 0 Å². The first-order valence-corrected chi connectivity index (χ1v) is 19.4. The van der Waals surface area contributed by atoms with Crippen molar-refractivity contribution in [1.82, 2.24) is 31.1 Å². The molecule has 2 heterocycles. The van der Waals surface area contributed by atoms with Crippen molar-refractivity contribution in [1.29, 1.82) is 0 Å². The van der Waals surface area contributed by atoms with Gasteiger partial charge in [0.1, 0.15) is 6.04 Å². The number of unbranched alkanes of at least 4 members (excludes halogenated alkanes) is 2. The average molecular weight is 707 g/mol. The summed E-state index contributed by atoms with van der Waals surface area (Å²) in [5, 5.41) is 12.5. The highest BCUT2D eigenvalue weighted by Gasteiger charge is 2.30. The first-order chi connectivity index (χ1) is 22.9. The Hall–Kier alpha value is -1.88. The van der Waals surface area contributed by atoms with Gasteiger partial charge in [0, 0.05) is 54.6 Å². The molecule has 1 atom stereocenters. The Balaban J connectivity index is 0.000000585. The molecule has 10 heteroatoms. The lowest BCUT2D eigenvalue weighted by Gasteiger charge is -2.36. The second kappa shape index (κ2) is 21.0. The molecule has 0 aromatic rings. The Morgan fingerprint density at radius 3 is 1.52 bits per heavy atom. The van der Waals surface area contributed by atoms with E-state index in [-0.39, 0.29) is 46.6 Å². The normalized spacial score (nSPS) is 18.2. The molecule has 292 valence electrons. The third kappa shape index (κ3) is 20.8. The van der Waals surface area contributed by atoms with Gasteiger partial charge >= 0.3 is 0 Å². The number of amides is 2. The van der Waals surface area contributed by atoms with Gasteiger partial charge in [0.15, 0.2) is 11.6 Å². The standard InChI is InChI=1S/C25H48N4O3.C15H30N2O/c1-24(2,3)14-10-8-9-11-20(28-22(31)17-26-7)23(32)27-19-12-15-29(16-13-19)18-21(30)25(4,5)6;1-14(2,3)13(18)11-17-9-7-12(8-10-17)16-15(4,5)6/h19-20,26H,8-18H2,1-7H3,(H,27,32)(H,28,31);12,16H,7-11H2,1-6H3. The van der Waals surface area contributed by atoms with E-state index in [1.165, 1.54) is 0 Å². The summed E-state index contributed by atoms with van der Waals surface area (Å²) in [5.41, 5.74) is -0.0184. The number of likely N-dealkylation sites (N-methyl/N-ethyl adjacent to an activating group) is 1. The number of carbonyl (C=O) groups is 4. The van der Waals surface area contributed by atoms with Crippen LogP contribution in [0.25, 0.3) is 0 Å². The molecule has 0 aliphatic carbocycles. The summed E-state index contributed by atoms with van der Waals surface area (Å²) >= 11 is 0. The second-order valence-corrected chi connectivity index (χ2v) is 19.2.